The molecule has 0 aliphatic heterocycles. The van der Waals surface area contributed by atoms with Crippen molar-refractivity contribution in [2.75, 3.05) is 0 Å². The first-order chi connectivity index (χ1) is 12.1. The van der Waals surface area contributed by atoms with Crippen LogP contribution < -0.4 is 0 Å². The minimum atomic E-state index is -1.01. The maximum Gasteiger partial charge on any atom is 0.356 e. The van der Waals surface area contributed by atoms with Gasteiger partial charge in [-0.25, -0.2) is 9.48 Å². The summed E-state index contributed by atoms with van der Waals surface area (Å²) in [7, 11) is 0. The van der Waals surface area contributed by atoms with Gasteiger partial charge in [0.15, 0.2) is 5.69 Å². The zero-order chi connectivity index (χ0) is 17.8. The molecule has 0 fully saturated rings. The Bertz CT molecular complexity index is 888. The normalized spacial score (nSPS) is 10.8. The molecule has 2 aromatic carbocycles. The molecule has 128 valence electrons. The quantitative estimate of drug-likeness (QED) is 0.659. The Balaban J connectivity index is 2.07. The molecule has 0 saturated heterocycles. The maximum absolute atomic E-state index is 11.5. The fourth-order valence-electron chi connectivity index (χ4n) is 2.80. The van der Waals surface area contributed by atoms with Gasteiger partial charge in [-0.05, 0) is 24.5 Å². The highest BCUT2D eigenvalue weighted by Gasteiger charge is 2.18. The predicted molar refractivity (Wildman–Crippen MR) is 99.6 cm³/mol. The van der Waals surface area contributed by atoms with Crippen molar-refractivity contribution in [3.8, 4) is 16.8 Å². The number of hydrogen-bond acceptors (Lipinski definition) is 2. The van der Waals surface area contributed by atoms with E-state index >= 15 is 0 Å². The van der Waals surface area contributed by atoms with Gasteiger partial charge in [-0.15, -0.1) is 0 Å². The van der Waals surface area contributed by atoms with Gasteiger partial charge in [0, 0.05) is 17.3 Å². The van der Waals surface area contributed by atoms with E-state index < -0.39 is 5.97 Å². The number of hydrogen-bond donors (Lipinski definition) is 1. The SMILES string of the molecule is CCCCc1cn(-c2cccc(-c3ccccc3)c2Cl)nc1C(=O)O. The van der Waals surface area contributed by atoms with Gasteiger partial charge in [-0.1, -0.05) is 67.4 Å². The average Bonchev–Trinajstić information content (AvgIpc) is 3.05. The van der Waals surface area contributed by atoms with E-state index in [4.69, 9.17) is 11.6 Å². The highest BCUT2D eigenvalue weighted by atomic mass is 35.5. The number of nitrogens with zero attached hydrogens (tertiary/aromatic N) is 2. The van der Waals surface area contributed by atoms with Crippen LogP contribution >= 0.6 is 11.6 Å². The fraction of sp³-hybridized carbons (Fsp3) is 0.200. The number of carboxylic acids is 1. The van der Waals surface area contributed by atoms with Crippen LogP contribution in [0.25, 0.3) is 16.8 Å². The van der Waals surface area contributed by atoms with E-state index in [-0.39, 0.29) is 5.69 Å². The summed E-state index contributed by atoms with van der Waals surface area (Å²) in [6, 6.07) is 15.5. The van der Waals surface area contributed by atoms with Crippen molar-refractivity contribution < 1.29 is 9.90 Å². The molecule has 3 aromatic rings. The number of rotatable bonds is 6. The second kappa shape index (κ2) is 7.53. The molecule has 0 atom stereocenters. The molecule has 0 aliphatic rings. The number of carbonyl (C=O) groups is 1. The molecule has 1 N–H and O–H groups in total. The number of aromatic nitrogens is 2. The third-order valence-electron chi connectivity index (χ3n) is 4.10. The van der Waals surface area contributed by atoms with Crippen LogP contribution in [0.1, 0.15) is 35.8 Å². The molecular formula is C20H19ClN2O2. The Morgan fingerprint density at radius 2 is 1.92 bits per heavy atom. The number of aryl methyl sites for hydroxylation is 1. The lowest BCUT2D eigenvalue weighted by Gasteiger charge is -2.10. The molecule has 0 radical (unpaired) electrons. The standard InChI is InChI=1S/C20H19ClN2O2/c1-2-3-8-15-13-23(22-19(15)20(24)25)17-12-7-11-16(18(17)21)14-9-5-4-6-10-14/h4-7,9-13H,2-3,8H2,1H3,(H,24,25). The van der Waals surface area contributed by atoms with E-state index in [2.05, 4.69) is 12.0 Å². The van der Waals surface area contributed by atoms with Crippen molar-refractivity contribution in [2.24, 2.45) is 0 Å². The van der Waals surface area contributed by atoms with Gasteiger partial charge in [-0.3, -0.25) is 0 Å². The fourth-order valence-corrected chi connectivity index (χ4v) is 3.12. The Labute approximate surface area is 151 Å². The number of carboxylic acid groups (broad SMARTS) is 1. The summed E-state index contributed by atoms with van der Waals surface area (Å²) < 4.78 is 1.57. The first-order valence-electron chi connectivity index (χ1n) is 8.28. The number of benzene rings is 2. The number of halogens is 1. The van der Waals surface area contributed by atoms with Crippen LogP contribution in [0.2, 0.25) is 5.02 Å². The lowest BCUT2D eigenvalue weighted by atomic mass is 10.1. The summed E-state index contributed by atoms with van der Waals surface area (Å²) in [5.41, 5.74) is 3.40. The Morgan fingerprint density at radius 3 is 2.60 bits per heavy atom. The zero-order valence-electron chi connectivity index (χ0n) is 13.9. The molecule has 0 spiro atoms. The molecule has 0 amide bonds. The summed E-state index contributed by atoms with van der Waals surface area (Å²) in [4.78, 5) is 11.5. The van der Waals surface area contributed by atoms with Crippen molar-refractivity contribution in [1.82, 2.24) is 9.78 Å². The van der Waals surface area contributed by atoms with Crippen LogP contribution in [0.4, 0.5) is 0 Å². The van der Waals surface area contributed by atoms with Crippen LogP contribution in [0.5, 0.6) is 0 Å². The molecule has 0 aliphatic carbocycles. The topological polar surface area (TPSA) is 55.1 Å². The molecule has 0 bridgehead atoms. The average molecular weight is 355 g/mol. The Morgan fingerprint density at radius 1 is 1.16 bits per heavy atom. The van der Waals surface area contributed by atoms with Crippen molar-refractivity contribution in [2.45, 2.75) is 26.2 Å². The summed E-state index contributed by atoms with van der Waals surface area (Å²) in [6.07, 6.45) is 4.38. The molecule has 4 nitrogen and oxygen atoms in total. The third-order valence-corrected chi connectivity index (χ3v) is 4.50. The van der Waals surface area contributed by atoms with Crippen LogP contribution in [0.3, 0.4) is 0 Å². The van der Waals surface area contributed by atoms with E-state index in [9.17, 15) is 9.90 Å². The van der Waals surface area contributed by atoms with Gasteiger partial charge in [0.1, 0.15) is 0 Å². The van der Waals surface area contributed by atoms with Crippen LogP contribution in [0, 0.1) is 0 Å². The molecule has 3 rings (SSSR count). The van der Waals surface area contributed by atoms with Crippen LogP contribution in [0.15, 0.2) is 54.7 Å². The lowest BCUT2D eigenvalue weighted by molar-refractivity contribution is 0.0688. The van der Waals surface area contributed by atoms with Crippen molar-refractivity contribution in [3.05, 3.63) is 71.0 Å². The van der Waals surface area contributed by atoms with E-state index in [1.54, 1.807) is 10.9 Å². The van der Waals surface area contributed by atoms with Gasteiger partial charge in [0.2, 0.25) is 0 Å². The molecule has 0 saturated carbocycles. The predicted octanol–water partition coefficient (Wildman–Crippen LogP) is 5.23. The molecule has 1 aromatic heterocycles. The maximum atomic E-state index is 11.5. The van der Waals surface area contributed by atoms with Gasteiger partial charge in [-0.2, -0.15) is 5.10 Å². The van der Waals surface area contributed by atoms with E-state index in [0.29, 0.717) is 17.1 Å². The molecular weight excluding hydrogens is 336 g/mol. The van der Waals surface area contributed by atoms with Crippen molar-refractivity contribution in [1.29, 1.82) is 0 Å². The molecule has 0 unspecified atom stereocenters. The zero-order valence-corrected chi connectivity index (χ0v) is 14.7. The van der Waals surface area contributed by atoms with Crippen LogP contribution in [-0.2, 0) is 6.42 Å². The highest BCUT2D eigenvalue weighted by Crippen LogP contribution is 2.32. The first-order valence-corrected chi connectivity index (χ1v) is 8.65. The van der Waals surface area contributed by atoms with E-state index in [1.807, 2.05) is 48.5 Å². The monoisotopic (exact) mass is 354 g/mol. The largest absolute Gasteiger partial charge is 0.476 e. The summed E-state index contributed by atoms with van der Waals surface area (Å²) in [6.45, 7) is 2.07. The van der Waals surface area contributed by atoms with Crippen LogP contribution in [-0.4, -0.2) is 20.9 Å². The van der Waals surface area contributed by atoms with E-state index in [0.717, 1.165) is 29.5 Å². The van der Waals surface area contributed by atoms with Gasteiger partial charge in [0.05, 0.1) is 10.7 Å². The summed E-state index contributed by atoms with van der Waals surface area (Å²) in [5.74, 6) is -1.01. The molecule has 25 heavy (non-hydrogen) atoms. The smallest absolute Gasteiger partial charge is 0.356 e. The second-order valence-corrected chi connectivity index (χ2v) is 6.24. The van der Waals surface area contributed by atoms with E-state index in [1.165, 1.54) is 0 Å². The summed E-state index contributed by atoms with van der Waals surface area (Å²) in [5, 5.41) is 14.2. The molecule has 1 heterocycles. The minimum absolute atomic E-state index is 0.0923. The van der Waals surface area contributed by atoms with Crippen molar-refractivity contribution >= 4 is 17.6 Å². The highest BCUT2D eigenvalue weighted by molar-refractivity contribution is 6.35. The molecule has 5 heteroatoms. The summed E-state index contributed by atoms with van der Waals surface area (Å²) >= 11 is 6.62. The Kier molecular flexibility index (Phi) is 5.19. The Hall–Kier alpha value is -2.59. The minimum Gasteiger partial charge on any atom is -0.476 e. The second-order valence-electron chi connectivity index (χ2n) is 5.86. The third kappa shape index (κ3) is 3.59. The van der Waals surface area contributed by atoms with Crippen molar-refractivity contribution in [3.63, 3.8) is 0 Å². The van der Waals surface area contributed by atoms with Gasteiger partial charge in [0.25, 0.3) is 0 Å². The lowest BCUT2D eigenvalue weighted by Crippen LogP contribution is -2.03. The number of unbranched alkanes of at least 4 members (excludes halogenated alkanes) is 1. The van der Waals surface area contributed by atoms with Gasteiger partial charge < -0.3 is 5.11 Å². The first kappa shape index (κ1) is 17.2. The number of aromatic carboxylic acids is 1. The van der Waals surface area contributed by atoms with Gasteiger partial charge >= 0.3 is 5.97 Å².